The van der Waals surface area contributed by atoms with Crippen molar-refractivity contribution in [3.63, 3.8) is 0 Å². The lowest BCUT2D eigenvalue weighted by Crippen LogP contribution is -2.29. The van der Waals surface area contributed by atoms with Crippen molar-refractivity contribution in [2.75, 3.05) is 13.2 Å². The normalized spacial score (nSPS) is 20.2. The predicted octanol–water partition coefficient (Wildman–Crippen LogP) is 1.73. The molecule has 0 radical (unpaired) electrons. The van der Waals surface area contributed by atoms with E-state index in [4.69, 9.17) is 10.2 Å². The van der Waals surface area contributed by atoms with Gasteiger partial charge >= 0.3 is 5.97 Å². The van der Waals surface area contributed by atoms with Crippen LogP contribution in [0, 0.1) is 0 Å². The number of aliphatic hydroxyl groups is 1. The maximum absolute atomic E-state index is 10.8. The van der Waals surface area contributed by atoms with E-state index in [9.17, 15) is 4.79 Å². The first-order valence-corrected chi connectivity index (χ1v) is 6.38. The van der Waals surface area contributed by atoms with Gasteiger partial charge in [0.2, 0.25) is 0 Å². The van der Waals surface area contributed by atoms with Crippen LogP contribution in [0.2, 0.25) is 0 Å². The summed E-state index contributed by atoms with van der Waals surface area (Å²) in [5.74, 6) is -0.888. The van der Waals surface area contributed by atoms with E-state index in [2.05, 4.69) is 4.90 Å². The van der Waals surface area contributed by atoms with E-state index in [-0.39, 0.29) is 6.61 Å². The van der Waals surface area contributed by atoms with Crippen molar-refractivity contribution in [3.05, 3.63) is 35.4 Å². The van der Waals surface area contributed by atoms with Gasteiger partial charge in [0.25, 0.3) is 0 Å². The first-order chi connectivity index (χ1) is 8.70. The van der Waals surface area contributed by atoms with Crippen molar-refractivity contribution in [1.82, 2.24) is 4.90 Å². The second-order valence-corrected chi connectivity index (χ2v) is 4.78. The number of carbonyl (C=O) groups is 1. The fraction of sp³-hybridized carbons (Fsp3) is 0.500. The highest BCUT2D eigenvalue weighted by atomic mass is 16.4. The van der Waals surface area contributed by atoms with Crippen molar-refractivity contribution in [1.29, 1.82) is 0 Å². The summed E-state index contributed by atoms with van der Waals surface area (Å²) in [6.45, 7) is 2.13. The van der Waals surface area contributed by atoms with E-state index in [0.717, 1.165) is 31.5 Å². The van der Waals surface area contributed by atoms with Gasteiger partial charge in [-0.25, -0.2) is 4.79 Å². The fourth-order valence-electron chi connectivity index (χ4n) is 2.57. The number of benzene rings is 1. The Morgan fingerprint density at radius 2 is 2.06 bits per heavy atom. The molecule has 0 unspecified atom stereocenters. The largest absolute Gasteiger partial charge is 0.478 e. The topological polar surface area (TPSA) is 60.8 Å². The molecule has 98 valence electrons. The third-order valence-electron chi connectivity index (χ3n) is 3.55. The summed E-state index contributed by atoms with van der Waals surface area (Å²) in [6.07, 6.45) is 3.15. The standard InChI is InChI=1S/C14H19NO3/c16-9-7-13-2-1-8-15(13)10-11-3-5-12(6-4-11)14(17)18/h3-6,13,16H,1-2,7-10H2,(H,17,18)/t13-/m0/s1. The van der Waals surface area contributed by atoms with Crippen molar-refractivity contribution < 1.29 is 15.0 Å². The summed E-state index contributed by atoms with van der Waals surface area (Å²) < 4.78 is 0. The van der Waals surface area contributed by atoms with E-state index in [0.29, 0.717) is 11.6 Å². The Morgan fingerprint density at radius 3 is 2.67 bits per heavy atom. The van der Waals surface area contributed by atoms with Crippen molar-refractivity contribution in [3.8, 4) is 0 Å². The van der Waals surface area contributed by atoms with E-state index in [1.807, 2.05) is 12.1 Å². The van der Waals surface area contributed by atoms with Crippen LogP contribution in [0.15, 0.2) is 24.3 Å². The van der Waals surface area contributed by atoms with Crippen LogP contribution in [0.4, 0.5) is 0 Å². The fourth-order valence-corrected chi connectivity index (χ4v) is 2.57. The third-order valence-corrected chi connectivity index (χ3v) is 3.55. The maximum atomic E-state index is 10.8. The lowest BCUT2D eigenvalue weighted by Gasteiger charge is -2.23. The summed E-state index contributed by atoms with van der Waals surface area (Å²) >= 11 is 0. The summed E-state index contributed by atoms with van der Waals surface area (Å²) in [7, 11) is 0. The molecule has 1 fully saturated rings. The van der Waals surface area contributed by atoms with Crippen LogP contribution in [0.3, 0.4) is 0 Å². The van der Waals surface area contributed by atoms with Gasteiger partial charge in [-0.2, -0.15) is 0 Å². The van der Waals surface area contributed by atoms with Crippen LogP contribution >= 0.6 is 0 Å². The molecule has 0 aromatic heterocycles. The lowest BCUT2D eigenvalue weighted by atomic mass is 10.1. The summed E-state index contributed by atoms with van der Waals surface area (Å²) in [5.41, 5.74) is 1.46. The molecule has 18 heavy (non-hydrogen) atoms. The number of hydrogen-bond donors (Lipinski definition) is 2. The number of rotatable bonds is 5. The van der Waals surface area contributed by atoms with Gasteiger partial charge in [-0.1, -0.05) is 12.1 Å². The Hall–Kier alpha value is -1.39. The lowest BCUT2D eigenvalue weighted by molar-refractivity contribution is 0.0697. The predicted molar refractivity (Wildman–Crippen MR) is 68.5 cm³/mol. The number of nitrogens with zero attached hydrogens (tertiary/aromatic N) is 1. The van der Waals surface area contributed by atoms with Gasteiger partial charge in [0.1, 0.15) is 0 Å². The Balaban J connectivity index is 1.98. The van der Waals surface area contributed by atoms with Crippen LogP contribution in [-0.4, -0.2) is 40.3 Å². The molecule has 4 heteroatoms. The molecule has 0 spiro atoms. The number of aliphatic hydroxyl groups excluding tert-OH is 1. The molecule has 0 amide bonds. The van der Waals surface area contributed by atoms with Gasteiger partial charge < -0.3 is 10.2 Å². The van der Waals surface area contributed by atoms with Gasteiger partial charge in [0, 0.05) is 19.2 Å². The van der Waals surface area contributed by atoms with E-state index in [1.54, 1.807) is 12.1 Å². The molecule has 2 N–H and O–H groups in total. The van der Waals surface area contributed by atoms with Gasteiger partial charge in [-0.05, 0) is 43.5 Å². The molecule has 1 heterocycles. The second kappa shape index (κ2) is 5.98. The Morgan fingerprint density at radius 1 is 1.33 bits per heavy atom. The zero-order valence-electron chi connectivity index (χ0n) is 10.4. The Kier molecular flexibility index (Phi) is 4.33. The van der Waals surface area contributed by atoms with Crippen LogP contribution in [0.5, 0.6) is 0 Å². The van der Waals surface area contributed by atoms with Gasteiger partial charge in [0.05, 0.1) is 5.56 Å². The summed E-state index contributed by atoms with van der Waals surface area (Å²) in [5, 5.41) is 17.8. The Labute approximate surface area is 107 Å². The highest BCUT2D eigenvalue weighted by Crippen LogP contribution is 2.22. The van der Waals surface area contributed by atoms with E-state index < -0.39 is 5.97 Å². The van der Waals surface area contributed by atoms with Crippen LogP contribution in [0.25, 0.3) is 0 Å². The zero-order valence-corrected chi connectivity index (χ0v) is 10.4. The average molecular weight is 249 g/mol. The molecule has 0 saturated carbocycles. The molecular weight excluding hydrogens is 230 g/mol. The summed E-state index contributed by atoms with van der Waals surface area (Å²) in [4.78, 5) is 13.1. The van der Waals surface area contributed by atoms with E-state index in [1.165, 1.54) is 6.42 Å². The van der Waals surface area contributed by atoms with Crippen LogP contribution in [-0.2, 0) is 6.54 Å². The molecule has 0 bridgehead atoms. The molecule has 1 saturated heterocycles. The highest BCUT2D eigenvalue weighted by molar-refractivity contribution is 5.87. The SMILES string of the molecule is O=C(O)c1ccc(CN2CCC[C@H]2CCO)cc1. The van der Waals surface area contributed by atoms with Crippen molar-refractivity contribution in [2.45, 2.75) is 31.8 Å². The quantitative estimate of drug-likeness (QED) is 0.834. The number of likely N-dealkylation sites (tertiary alicyclic amines) is 1. The first-order valence-electron chi connectivity index (χ1n) is 6.38. The number of carboxylic acid groups (broad SMARTS) is 1. The molecule has 0 aliphatic carbocycles. The van der Waals surface area contributed by atoms with Crippen molar-refractivity contribution >= 4 is 5.97 Å². The third kappa shape index (κ3) is 3.09. The maximum Gasteiger partial charge on any atom is 0.335 e. The summed E-state index contributed by atoms with van der Waals surface area (Å²) in [6, 6.07) is 7.51. The van der Waals surface area contributed by atoms with Crippen LogP contribution < -0.4 is 0 Å². The Bertz CT molecular complexity index is 402. The molecule has 1 aromatic rings. The minimum absolute atomic E-state index is 0.235. The number of aromatic carboxylic acids is 1. The monoisotopic (exact) mass is 249 g/mol. The molecule has 1 aromatic carbocycles. The zero-order chi connectivity index (χ0) is 13.0. The second-order valence-electron chi connectivity index (χ2n) is 4.78. The molecule has 2 rings (SSSR count). The first kappa shape index (κ1) is 13.1. The minimum Gasteiger partial charge on any atom is -0.478 e. The molecule has 1 aliphatic rings. The van der Waals surface area contributed by atoms with Crippen molar-refractivity contribution in [2.24, 2.45) is 0 Å². The van der Waals surface area contributed by atoms with E-state index >= 15 is 0 Å². The number of carboxylic acids is 1. The molecule has 1 atom stereocenters. The average Bonchev–Trinajstić information content (AvgIpc) is 2.78. The van der Waals surface area contributed by atoms with Gasteiger partial charge in [-0.15, -0.1) is 0 Å². The highest BCUT2D eigenvalue weighted by Gasteiger charge is 2.23. The van der Waals surface area contributed by atoms with Gasteiger partial charge in [0.15, 0.2) is 0 Å². The van der Waals surface area contributed by atoms with Gasteiger partial charge in [-0.3, -0.25) is 4.90 Å². The molecule has 4 nitrogen and oxygen atoms in total. The minimum atomic E-state index is -0.888. The number of hydrogen-bond acceptors (Lipinski definition) is 3. The van der Waals surface area contributed by atoms with Crippen LogP contribution in [0.1, 0.15) is 35.2 Å². The smallest absolute Gasteiger partial charge is 0.335 e. The molecule has 1 aliphatic heterocycles. The molecular formula is C14H19NO3.